The number of nitrogens with zero attached hydrogens (tertiary/aromatic N) is 1. The molecule has 0 aliphatic carbocycles. The molecule has 0 radical (unpaired) electrons. The standard InChI is InChI=1S/C20H14ClNO3S/c1-2-24-20(23)25-18-11-17(14-6-3-5-13(9-14)12-22)19(26-18)15-7-4-8-16(21)10-15/h3-11H,2H2,1H3. The molecule has 1 aromatic heterocycles. The van der Waals surface area contributed by atoms with Crippen LogP contribution < -0.4 is 4.74 Å². The van der Waals surface area contributed by atoms with E-state index >= 15 is 0 Å². The van der Waals surface area contributed by atoms with Crippen molar-refractivity contribution in [2.45, 2.75) is 6.92 Å². The second-order valence-corrected chi connectivity index (χ2v) is 6.75. The molecular formula is C20H14ClNO3S. The van der Waals surface area contributed by atoms with Crippen LogP contribution in [0.5, 0.6) is 5.06 Å². The average molecular weight is 384 g/mol. The highest BCUT2D eigenvalue weighted by molar-refractivity contribution is 7.18. The molecule has 0 aliphatic rings. The van der Waals surface area contributed by atoms with Gasteiger partial charge in [0.1, 0.15) is 0 Å². The molecule has 0 spiro atoms. The molecule has 0 bridgehead atoms. The van der Waals surface area contributed by atoms with Gasteiger partial charge >= 0.3 is 6.16 Å². The quantitative estimate of drug-likeness (QED) is 0.507. The van der Waals surface area contributed by atoms with Gasteiger partial charge in [0.05, 0.1) is 18.2 Å². The van der Waals surface area contributed by atoms with E-state index < -0.39 is 6.16 Å². The van der Waals surface area contributed by atoms with E-state index in [0.29, 0.717) is 15.6 Å². The van der Waals surface area contributed by atoms with Crippen molar-refractivity contribution in [1.29, 1.82) is 5.26 Å². The summed E-state index contributed by atoms with van der Waals surface area (Å²) in [4.78, 5) is 12.5. The monoisotopic (exact) mass is 383 g/mol. The Kier molecular flexibility index (Phi) is 5.57. The molecule has 0 amide bonds. The van der Waals surface area contributed by atoms with Crippen LogP contribution in [-0.4, -0.2) is 12.8 Å². The van der Waals surface area contributed by atoms with Crippen LogP contribution in [-0.2, 0) is 4.74 Å². The lowest BCUT2D eigenvalue weighted by Gasteiger charge is -2.05. The molecule has 0 saturated carbocycles. The summed E-state index contributed by atoms with van der Waals surface area (Å²) in [6.07, 6.45) is -0.747. The van der Waals surface area contributed by atoms with Crippen molar-refractivity contribution in [1.82, 2.24) is 0 Å². The van der Waals surface area contributed by atoms with Gasteiger partial charge in [-0.05, 0) is 42.3 Å². The third-order valence-electron chi connectivity index (χ3n) is 3.55. The molecule has 4 nitrogen and oxygen atoms in total. The number of hydrogen-bond donors (Lipinski definition) is 0. The number of rotatable bonds is 4. The van der Waals surface area contributed by atoms with Gasteiger partial charge in [0.2, 0.25) is 0 Å². The van der Waals surface area contributed by atoms with Crippen LogP contribution in [0.1, 0.15) is 12.5 Å². The first kappa shape index (κ1) is 18.0. The van der Waals surface area contributed by atoms with Crippen LogP contribution in [0.15, 0.2) is 54.6 Å². The number of benzene rings is 2. The maximum Gasteiger partial charge on any atom is 0.514 e. The zero-order valence-electron chi connectivity index (χ0n) is 13.9. The fourth-order valence-electron chi connectivity index (χ4n) is 2.46. The number of thiophene rings is 1. The Morgan fingerprint density at radius 1 is 1.15 bits per heavy atom. The van der Waals surface area contributed by atoms with Crippen molar-refractivity contribution in [3.8, 4) is 32.7 Å². The summed E-state index contributed by atoms with van der Waals surface area (Å²) in [5.41, 5.74) is 3.17. The average Bonchev–Trinajstić information content (AvgIpc) is 3.05. The molecule has 1 heterocycles. The van der Waals surface area contributed by atoms with Gasteiger partial charge in [-0.1, -0.05) is 47.2 Å². The molecule has 0 saturated heterocycles. The molecule has 3 rings (SSSR count). The summed E-state index contributed by atoms with van der Waals surface area (Å²) >= 11 is 7.45. The molecular weight excluding hydrogens is 370 g/mol. The van der Waals surface area contributed by atoms with Gasteiger partial charge in [0, 0.05) is 21.5 Å². The number of halogens is 1. The first-order chi connectivity index (χ1) is 12.6. The van der Waals surface area contributed by atoms with E-state index in [0.717, 1.165) is 21.6 Å². The third-order valence-corrected chi connectivity index (χ3v) is 4.84. The number of carbonyl (C=O) groups excluding carboxylic acids is 1. The lowest BCUT2D eigenvalue weighted by molar-refractivity contribution is 0.105. The van der Waals surface area contributed by atoms with Gasteiger partial charge in [-0.2, -0.15) is 5.26 Å². The summed E-state index contributed by atoms with van der Waals surface area (Å²) in [5.74, 6) is 0. The van der Waals surface area contributed by atoms with Crippen molar-refractivity contribution in [2.24, 2.45) is 0 Å². The Balaban J connectivity index is 2.10. The maximum absolute atomic E-state index is 11.7. The zero-order chi connectivity index (χ0) is 18.5. The summed E-state index contributed by atoms with van der Waals surface area (Å²) in [6.45, 7) is 1.95. The molecule has 2 aromatic carbocycles. The smallest absolute Gasteiger partial charge is 0.434 e. The van der Waals surface area contributed by atoms with Gasteiger partial charge in [0.25, 0.3) is 0 Å². The second-order valence-electron chi connectivity index (χ2n) is 5.30. The van der Waals surface area contributed by atoms with Crippen LogP contribution in [0.2, 0.25) is 5.02 Å². The van der Waals surface area contributed by atoms with Gasteiger partial charge in [-0.3, -0.25) is 0 Å². The molecule has 0 aliphatic heterocycles. The predicted molar refractivity (Wildman–Crippen MR) is 103 cm³/mol. The van der Waals surface area contributed by atoms with Crippen molar-refractivity contribution in [3.05, 3.63) is 65.2 Å². The van der Waals surface area contributed by atoms with E-state index in [1.54, 1.807) is 31.2 Å². The van der Waals surface area contributed by atoms with Gasteiger partial charge in [-0.15, -0.1) is 0 Å². The van der Waals surface area contributed by atoms with Crippen LogP contribution >= 0.6 is 22.9 Å². The van der Waals surface area contributed by atoms with Crippen molar-refractivity contribution < 1.29 is 14.3 Å². The molecule has 0 unspecified atom stereocenters. The highest BCUT2D eigenvalue weighted by atomic mass is 35.5. The molecule has 26 heavy (non-hydrogen) atoms. The van der Waals surface area contributed by atoms with Gasteiger partial charge in [-0.25, -0.2) is 4.79 Å². The van der Waals surface area contributed by atoms with E-state index in [1.807, 2.05) is 30.3 Å². The third kappa shape index (κ3) is 4.05. The van der Waals surface area contributed by atoms with E-state index in [2.05, 4.69) is 6.07 Å². The van der Waals surface area contributed by atoms with E-state index in [1.165, 1.54) is 11.3 Å². The van der Waals surface area contributed by atoms with Gasteiger partial charge < -0.3 is 9.47 Å². The lowest BCUT2D eigenvalue weighted by Crippen LogP contribution is -2.08. The largest absolute Gasteiger partial charge is 0.514 e. The molecule has 0 N–H and O–H groups in total. The second kappa shape index (κ2) is 8.05. The minimum atomic E-state index is -0.747. The highest BCUT2D eigenvalue weighted by Crippen LogP contribution is 2.43. The SMILES string of the molecule is CCOC(=O)Oc1cc(-c2cccc(C#N)c2)c(-c2cccc(Cl)c2)s1. The molecule has 0 atom stereocenters. The van der Waals surface area contributed by atoms with Crippen molar-refractivity contribution >= 4 is 29.1 Å². The summed E-state index contributed by atoms with van der Waals surface area (Å²) in [5, 5.41) is 10.2. The Morgan fingerprint density at radius 2 is 1.92 bits per heavy atom. The first-order valence-electron chi connectivity index (χ1n) is 7.85. The van der Waals surface area contributed by atoms with Gasteiger partial charge in [0.15, 0.2) is 5.06 Å². The minimum absolute atomic E-state index is 0.239. The van der Waals surface area contributed by atoms with Crippen LogP contribution in [0.3, 0.4) is 0 Å². The fourth-order valence-corrected chi connectivity index (χ4v) is 3.67. The Hall–Kier alpha value is -2.81. The maximum atomic E-state index is 11.7. The number of carbonyl (C=O) groups is 1. The predicted octanol–water partition coefficient (Wildman–Crippen LogP) is 6.14. The van der Waals surface area contributed by atoms with E-state index in [-0.39, 0.29) is 6.61 Å². The topological polar surface area (TPSA) is 59.3 Å². The molecule has 0 fully saturated rings. The summed E-state index contributed by atoms with van der Waals surface area (Å²) in [7, 11) is 0. The summed E-state index contributed by atoms with van der Waals surface area (Å²) < 4.78 is 10.1. The number of hydrogen-bond acceptors (Lipinski definition) is 5. The van der Waals surface area contributed by atoms with Crippen LogP contribution in [0.4, 0.5) is 4.79 Å². The van der Waals surface area contributed by atoms with E-state index in [9.17, 15) is 4.79 Å². The first-order valence-corrected chi connectivity index (χ1v) is 9.05. The Bertz CT molecular complexity index is 991. The van der Waals surface area contributed by atoms with Crippen LogP contribution in [0, 0.1) is 11.3 Å². The Labute approximate surface area is 160 Å². The highest BCUT2D eigenvalue weighted by Gasteiger charge is 2.17. The molecule has 3 aromatic rings. The fraction of sp³-hybridized carbons (Fsp3) is 0.100. The lowest BCUT2D eigenvalue weighted by atomic mass is 10.0. The minimum Gasteiger partial charge on any atom is -0.434 e. The number of nitriles is 1. The van der Waals surface area contributed by atoms with Crippen molar-refractivity contribution in [3.63, 3.8) is 0 Å². The zero-order valence-corrected chi connectivity index (χ0v) is 15.4. The molecule has 6 heteroatoms. The Morgan fingerprint density at radius 3 is 2.65 bits per heavy atom. The summed E-state index contributed by atoms with van der Waals surface area (Å²) in [6, 6.07) is 18.6. The van der Waals surface area contributed by atoms with Crippen LogP contribution in [0.25, 0.3) is 21.6 Å². The normalized spacial score (nSPS) is 10.2. The van der Waals surface area contributed by atoms with Crippen molar-refractivity contribution in [2.75, 3.05) is 6.61 Å². The number of ether oxygens (including phenoxy) is 2. The van der Waals surface area contributed by atoms with E-state index in [4.69, 9.17) is 26.3 Å². The molecule has 130 valence electrons.